The minimum absolute atomic E-state index is 0.0601. The van der Waals surface area contributed by atoms with Crippen molar-refractivity contribution in [2.45, 2.75) is 13.3 Å². The Morgan fingerprint density at radius 2 is 1.78 bits per heavy atom. The van der Waals surface area contributed by atoms with Gasteiger partial charge in [0.2, 0.25) is 0 Å². The maximum atomic E-state index is 11.9. The van der Waals surface area contributed by atoms with Crippen molar-refractivity contribution in [2.75, 3.05) is 11.9 Å². The van der Waals surface area contributed by atoms with Crippen LogP contribution in [0.3, 0.4) is 0 Å². The Kier molecular flexibility index (Phi) is 6.02. The van der Waals surface area contributed by atoms with E-state index in [1.54, 1.807) is 49.4 Å². The van der Waals surface area contributed by atoms with Crippen molar-refractivity contribution in [3.8, 4) is 5.75 Å². The Hall–Kier alpha value is -2.04. The maximum absolute atomic E-state index is 11.9. The van der Waals surface area contributed by atoms with E-state index in [2.05, 4.69) is 5.32 Å². The SMILES string of the molecule is CCC(=O)c1ccc(OCC(=O)Nc2cccc(Cl)c2Cl)cc1. The van der Waals surface area contributed by atoms with Gasteiger partial charge in [0.15, 0.2) is 12.4 Å². The van der Waals surface area contributed by atoms with E-state index in [1.165, 1.54) is 0 Å². The Balaban J connectivity index is 1.91. The van der Waals surface area contributed by atoms with Crippen molar-refractivity contribution >= 4 is 40.6 Å². The topological polar surface area (TPSA) is 55.4 Å². The van der Waals surface area contributed by atoms with E-state index < -0.39 is 0 Å². The van der Waals surface area contributed by atoms with Gasteiger partial charge < -0.3 is 10.1 Å². The van der Waals surface area contributed by atoms with Crippen LogP contribution in [-0.2, 0) is 4.79 Å². The fourth-order valence-corrected chi connectivity index (χ4v) is 2.22. The lowest BCUT2D eigenvalue weighted by Crippen LogP contribution is -2.20. The van der Waals surface area contributed by atoms with Gasteiger partial charge in [-0.05, 0) is 36.4 Å². The number of nitrogens with one attached hydrogen (secondary N) is 1. The van der Waals surface area contributed by atoms with E-state index in [0.29, 0.717) is 28.4 Å². The van der Waals surface area contributed by atoms with Crippen LogP contribution < -0.4 is 10.1 Å². The summed E-state index contributed by atoms with van der Waals surface area (Å²) in [6.07, 6.45) is 0.447. The van der Waals surface area contributed by atoms with Crippen molar-refractivity contribution < 1.29 is 14.3 Å². The van der Waals surface area contributed by atoms with Crippen LogP contribution in [0.25, 0.3) is 0 Å². The summed E-state index contributed by atoms with van der Waals surface area (Å²) in [6, 6.07) is 11.6. The first-order valence-electron chi connectivity index (χ1n) is 7.01. The molecule has 0 saturated carbocycles. The lowest BCUT2D eigenvalue weighted by molar-refractivity contribution is -0.118. The first kappa shape index (κ1) is 17.3. The molecule has 6 heteroatoms. The number of rotatable bonds is 6. The van der Waals surface area contributed by atoms with Crippen LogP contribution in [0.1, 0.15) is 23.7 Å². The third-order valence-electron chi connectivity index (χ3n) is 3.09. The van der Waals surface area contributed by atoms with E-state index in [-0.39, 0.29) is 23.3 Å². The molecular formula is C17H15Cl2NO3. The van der Waals surface area contributed by atoms with Gasteiger partial charge in [-0.3, -0.25) is 9.59 Å². The molecule has 2 rings (SSSR count). The molecule has 0 aliphatic carbocycles. The molecule has 0 heterocycles. The predicted octanol–water partition coefficient (Wildman–Crippen LogP) is 4.60. The quantitative estimate of drug-likeness (QED) is 0.773. The zero-order valence-corrected chi connectivity index (χ0v) is 13.9. The summed E-state index contributed by atoms with van der Waals surface area (Å²) in [6.45, 7) is 1.63. The molecule has 0 atom stereocenters. The Labute approximate surface area is 144 Å². The van der Waals surface area contributed by atoms with E-state index in [0.717, 1.165) is 0 Å². The molecule has 2 aromatic carbocycles. The number of carbonyl (C=O) groups is 2. The molecular weight excluding hydrogens is 337 g/mol. The number of anilines is 1. The Morgan fingerprint density at radius 1 is 1.09 bits per heavy atom. The van der Waals surface area contributed by atoms with E-state index in [4.69, 9.17) is 27.9 Å². The molecule has 0 aromatic heterocycles. The van der Waals surface area contributed by atoms with Gasteiger partial charge in [-0.2, -0.15) is 0 Å². The molecule has 0 spiro atoms. The second-order valence-electron chi connectivity index (χ2n) is 4.74. The molecule has 2 aromatic rings. The molecule has 0 radical (unpaired) electrons. The van der Waals surface area contributed by atoms with Gasteiger partial charge in [0.05, 0.1) is 15.7 Å². The van der Waals surface area contributed by atoms with Gasteiger partial charge >= 0.3 is 0 Å². The zero-order chi connectivity index (χ0) is 16.8. The Bertz CT molecular complexity index is 714. The smallest absolute Gasteiger partial charge is 0.262 e. The van der Waals surface area contributed by atoms with Crippen molar-refractivity contribution in [1.29, 1.82) is 0 Å². The van der Waals surface area contributed by atoms with Gasteiger partial charge in [0, 0.05) is 12.0 Å². The average molecular weight is 352 g/mol. The van der Waals surface area contributed by atoms with Crippen LogP contribution in [0.4, 0.5) is 5.69 Å². The summed E-state index contributed by atoms with van der Waals surface area (Å²) in [5, 5.41) is 3.27. The number of ketones is 1. The molecule has 120 valence electrons. The first-order valence-corrected chi connectivity index (χ1v) is 7.76. The minimum Gasteiger partial charge on any atom is -0.484 e. The van der Waals surface area contributed by atoms with Crippen LogP contribution >= 0.6 is 23.2 Å². The van der Waals surface area contributed by atoms with Gasteiger partial charge in [0.25, 0.3) is 5.91 Å². The van der Waals surface area contributed by atoms with Crippen LogP contribution in [0.15, 0.2) is 42.5 Å². The highest BCUT2D eigenvalue weighted by atomic mass is 35.5. The Morgan fingerprint density at radius 3 is 2.43 bits per heavy atom. The number of halogens is 2. The predicted molar refractivity (Wildman–Crippen MR) is 91.7 cm³/mol. The summed E-state index contributed by atoms with van der Waals surface area (Å²) < 4.78 is 5.38. The second kappa shape index (κ2) is 7.99. The highest BCUT2D eigenvalue weighted by Crippen LogP contribution is 2.29. The van der Waals surface area contributed by atoms with Crippen LogP contribution in [-0.4, -0.2) is 18.3 Å². The van der Waals surface area contributed by atoms with Crippen molar-refractivity contribution in [3.05, 3.63) is 58.1 Å². The third-order valence-corrected chi connectivity index (χ3v) is 3.91. The number of hydrogen-bond donors (Lipinski definition) is 1. The molecule has 0 unspecified atom stereocenters. The third kappa shape index (κ3) is 4.71. The summed E-state index contributed by atoms with van der Waals surface area (Å²) in [7, 11) is 0. The minimum atomic E-state index is -0.358. The number of Topliss-reactive ketones (excluding diaryl/α,β-unsaturated/α-hetero) is 1. The molecule has 4 nitrogen and oxygen atoms in total. The van der Waals surface area contributed by atoms with Crippen molar-refractivity contribution in [2.24, 2.45) is 0 Å². The molecule has 0 aliphatic heterocycles. The highest BCUT2D eigenvalue weighted by molar-refractivity contribution is 6.43. The lowest BCUT2D eigenvalue weighted by Gasteiger charge is -2.09. The zero-order valence-electron chi connectivity index (χ0n) is 12.4. The fourth-order valence-electron chi connectivity index (χ4n) is 1.88. The average Bonchev–Trinajstić information content (AvgIpc) is 2.57. The normalized spacial score (nSPS) is 10.2. The number of carbonyl (C=O) groups excluding carboxylic acids is 2. The number of ether oxygens (including phenoxy) is 1. The summed E-state index contributed by atoms with van der Waals surface area (Å²) >= 11 is 11.9. The van der Waals surface area contributed by atoms with Crippen LogP contribution in [0.2, 0.25) is 10.0 Å². The molecule has 0 aliphatic rings. The van der Waals surface area contributed by atoms with Crippen LogP contribution in [0.5, 0.6) is 5.75 Å². The summed E-state index contributed by atoms with van der Waals surface area (Å²) in [4.78, 5) is 23.4. The molecule has 1 N–H and O–H groups in total. The highest BCUT2D eigenvalue weighted by Gasteiger charge is 2.09. The van der Waals surface area contributed by atoms with Gasteiger partial charge in [-0.15, -0.1) is 0 Å². The number of benzene rings is 2. The molecule has 0 bridgehead atoms. The standard InChI is InChI=1S/C17H15Cl2NO3/c1-2-15(21)11-6-8-12(9-7-11)23-10-16(22)20-14-5-3-4-13(18)17(14)19/h3-9H,2,10H2,1H3,(H,20,22). The number of hydrogen-bond acceptors (Lipinski definition) is 3. The monoisotopic (exact) mass is 351 g/mol. The lowest BCUT2D eigenvalue weighted by atomic mass is 10.1. The first-order chi connectivity index (χ1) is 11.0. The summed E-state index contributed by atoms with van der Waals surface area (Å²) in [5.74, 6) is 0.206. The molecule has 0 saturated heterocycles. The van der Waals surface area contributed by atoms with Crippen molar-refractivity contribution in [3.63, 3.8) is 0 Å². The van der Waals surface area contributed by atoms with E-state index in [9.17, 15) is 9.59 Å². The van der Waals surface area contributed by atoms with Crippen LogP contribution in [0, 0.1) is 0 Å². The van der Waals surface area contributed by atoms with Gasteiger partial charge in [0.1, 0.15) is 5.75 Å². The maximum Gasteiger partial charge on any atom is 0.262 e. The van der Waals surface area contributed by atoms with Crippen molar-refractivity contribution in [1.82, 2.24) is 0 Å². The van der Waals surface area contributed by atoms with Gasteiger partial charge in [-0.1, -0.05) is 36.2 Å². The summed E-state index contributed by atoms with van der Waals surface area (Å²) in [5.41, 5.74) is 1.05. The van der Waals surface area contributed by atoms with E-state index >= 15 is 0 Å². The molecule has 1 amide bonds. The molecule has 23 heavy (non-hydrogen) atoms. The second-order valence-corrected chi connectivity index (χ2v) is 5.52. The largest absolute Gasteiger partial charge is 0.484 e. The fraction of sp³-hybridized carbons (Fsp3) is 0.176. The van der Waals surface area contributed by atoms with Gasteiger partial charge in [-0.25, -0.2) is 0 Å². The molecule has 0 fully saturated rings. The van der Waals surface area contributed by atoms with E-state index in [1.807, 2.05) is 0 Å². The number of amides is 1.